The van der Waals surface area contributed by atoms with Crippen LogP contribution in [0.15, 0.2) is 185 Å². The van der Waals surface area contributed by atoms with Gasteiger partial charge in [0.05, 0.1) is 94.3 Å². The second-order valence-electron chi connectivity index (χ2n) is 31.9. The summed E-state index contributed by atoms with van der Waals surface area (Å²) in [5.74, 6) is -0.196. The first kappa shape index (κ1) is 100. The number of aromatic amines is 7. The highest BCUT2D eigenvalue weighted by Crippen LogP contribution is 2.29. The number of pyridine rings is 7. The van der Waals surface area contributed by atoms with E-state index in [2.05, 4.69) is 118 Å². The number of hydrogen-bond acceptors (Lipinski definition) is 10. The van der Waals surface area contributed by atoms with Crippen LogP contribution in [0.1, 0.15) is 71.7 Å². The van der Waals surface area contributed by atoms with Crippen molar-refractivity contribution in [2.45, 2.75) is 79.6 Å². The van der Waals surface area contributed by atoms with E-state index in [1.165, 1.54) is 79.5 Å². The molecule has 0 aliphatic carbocycles. The molecule has 31 heteroatoms. The van der Waals surface area contributed by atoms with Gasteiger partial charge in [-0.15, -0.1) is 0 Å². The summed E-state index contributed by atoms with van der Waals surface area (Å²) in [5.41, 5.74) is 23.7. The van der Waals surface area contributed by atoms with Crippen molar-refractivity contribution in [2.75, 3.05) is 101 Å². The van der Waals surface area contributed by atoms with E-state index in [1.54, 1.807) is 72.8 Å². The van der Waals surface area contributed by atoms with E-state index >= 15 is 0 Å². The van der Waals surface area contributed by atoms with Gasteiger partial charge in [-0.25, -0.2) is 13.2 Å². The zero-order chi connectivity index (χ0) is 83.6. The molecule has 13 N–H and O–H groups in total. The van der Waals surface area contributed by atoms with Gasteiger partial charge in [-0.2, -0.15) is 0 Å². The number of hydrogen-bond donors (Lipinski definition) is 10. The lowest BCUT2D eigenvalue weighted by Crippen LogP contribution is -3.00. The third kappa shape index (κ3) is 26.9. The summed E-state index contributed by atoms with van der Waals surface area (Å²) in [6.07, 6.45) is 4.22. The molecule has 0 radical (unpaired) electrons. The Hall–Kier alpha value is -8.17. The van der Waals surface area contributed by atoms with Gasteiger partial charge in [0.2, 0.25) is 0 Å². The fourth-order valence-electron chi connectivity index (χ4n) is 14.0. The predicted octanol–water partition coefficient (Wildman–Crippen LogP) is 2.94. The van der Waals surface area contributed by atoms with Gasteiger partial charge in [-0.05, 0) is 168 Å². The third-order valence-corrected chi connectivity index (χ3v) is 19.9. The number of likely N-dealkylation sites (tertiary alicyclic amines) is 1. The molecule has 1 aliphatic heterocycles. The van der Waals surface area contributed by atoms with Gasteiger partial charge in [0.25, 0.3) is 38.9 Å². The van der Waals surface area contributed by atoms with Crippen LogP contribution in [0, 0.1) is 31.3 Å². The quantitative estimate of drug-likeness (QED) is 0.0706. The van der Waals surface area contributed by atoms with E-state index in [0.717, 1.165) is 129 Å². The fourth-order valence-corrected chi connectivity index (χ4v) is 14.5. The van der Waals surface area contributed by atoms with Crippen molar-refractivity contribution in [2.24, 2.45) is 0 Å². The summed E-state index contributed by atoms with van der Waals surface area (Å²) in [4.78, 5) is 101. The maximum Gasteiger partial charge on any atom is 0.257 e. The van der Waals surface area contributed by atoms with Crippen LogP contribution in [0.5, 0.6) is 0 Å². The summed E-state index contributed by atoms with van der Waals surface area (Å²) < 4.78 is 42.7. The number of aromatic nitrogens is 7. The van der Waals surface area contributed by atoms with Crippen molar-refractivity contribution < 1.29 is 127 Å². The first-order valence-corrected chi connectivity index (χ1v) is 38.2. The SMILES string of the molecule is CCc1[nH]c(=O)c2cc(Cl)ccc2c1C[N+](C)(C)C.CCc1[nH]c(=O)c2cc(F)ccc2c1C[N+](C)(C)C.Cc1[nH]c(=O)c2cc(F)ccc2c1C[N+](C)(C)C.Cc1[nH]c(=O)c2ccccc2c1C[N+]1(C)CCCC1.Nc1cc2cc(Cl)ccc2c(=O)[nH]1.Nc1cc2ccc(Cl)cc2c(=O)[nH]1.Nc1cc2ccc(F)cc2c(=O)[nH]1.[I-].[I-].[I-].[I-]. The Kier molecular flexibility index (Phi) is 36.5. The van der Waals surface area contributed by atoms with E-state index < -0.39 is 5.82 Å². The Bertz CT molecular complexity index is 6170. The second-order valence-corrected chi connectivity index (χ2v) is 33.2. The average molecular weight is 2120 g/mol. The number of nitrogens with two attached hydrogens (primary N) is 3. The van der Waals surface area contributed by atoms with Gasteiger partial charge in [0.15, 0.2) is 0 Å². The average Bonchev–Trinajstić information content (AvgIpc) is 1.48. The second kappa shape index (κ2) is 42.9. The molecule has 0 amide bonds. The molecule has 1 aliphatic rings. The van der Waals surface area contributed by atoms with Gasteiger partial charge < -0.3 is 166 Å². The molecule has 1 saturated heterocycles. The first-order valence-electron chi connectivity index (χ1n) is 37.1. The molecule has 7 aromatic heterocycles. The van der Waals surface area contributed by atoms with Crippen molar-refractivity contribution in [3.63, 3.8) is 0 Å². The molecular weight excluding hydrogens is 2020 g/mol. The summed E-state index contributed by atoms with van der Waals surface area (Å²) in [7, 11) is 21.3. The molecule has 0 spiro atoms. The molecule has 0 bridgehead atoms. The predicted molar refractivity (Wildman–Crippen MR) is 462 cm³/mol. The van der Waals surface area contributed by atoms with Crippen LogP contribution in [-0.2, 0) is 39.0 Å². The summed E-state index contributed by atoms with van der Waals surface area (Å²) in [5, 5.41) is 11.6. The van der Waals surface area contributed by atoms with Crippen molar-refractivity contribution in [3.8, 4) is 0 Å². The molecule has 0 unspecified atom stereocenters. The lowest BCUT2D eigenvalue weighted by atomic mass is 10.0. The number of H-pyrrole nitrogens is 7. The zero-order valence-electron chi connectivity index (χ0n) is 68.2. The number of benzene rings is 7. The minimum absolute atomic E-state index is 0. The number of quaternary nitrogens is 4. The molecule has 1 fully saturated rings. The van der Waals surface area contributed by atoms with Crippen molar-refractivity contribution in [3.05, 3.63) is 302 Å². The molecule has 14 aromatic rings. The van der Waals surface area contributed by atoms with E-state index in [-0.39, 0.29) is 152 Å². The van der Waals surface area contributed by atoms with E-state index in [9.17, 15) is 46.7 Å². The molecule has 21 nitrogen and oxygen atoms in total. The number of halogens is 10. The minimum Gasteiger partial charge on any atom is -1.00 e. The van der Waals surface area contributed by atoms with E-state index in [4.69, 9.17) is 52.0 Å². The number of nitrogens with zero attached hydrogens (tertiary/aromatic N) is 4. The molecule has 118 heavy (non-hydrogen) atoms. The lowest BCUT2D eigenvalue weighted by Gasteiger charge is -2.30. The number of nitrogens with one attached hydrogen (secondary N) is 7. The summed E-state index contributed by atoms with van der Waals surface area (Å²) >= 11 is 17.5. The largest absolute Gasteiger partial charge is 1.00 e. The summed E-state index contributed by atoms with van der Waals surface area (Å²) in [6, 6.07) is 41.5. The van der Waals surface area contributed by atoms with E-state index in [0.29, 0.717) is 64.4 Å². The number of aryl methyl sites for hydroxylation is 4. The Labute approximate surface area is 764 Å². The Morgan fingerprint density at radius 3 is 1.11 bits per heavy atom. The Morgan fingerprint density at radius 2 is 0.653 bits per heavy atom. The standard InChI is InChI=1S/C16H20N2O.C15H19ClN2O.C15H19FN2O.C14H17FN2O.2C9H7ClN2O.C9H7FN2O.4HI/c1-12-15(11-18(2)9-5-6-10-18)13-7-3-4-8-14(13)16(19)17-12;2*1-5-14-13(9-18(2,3)4)11-7-6-10(16)8-12(11)15(19)17-14;1-9-13(8-17(2,3)4)11-6-5-10(15)7-12(11)14(18)16-9;10-6-1-2-7-5(3-6)4-8(11)12-9(7)13;2*10-6-2-1-5-3-8(11)12-9(13)7(5)4-6;;;;/h3-4,7-8H,5-6,9-11H2,1-2H3;2*6-8H,5,9H2,1-4H3;5-7H,8H2,1-4H3;3*1-4H,(H3,11,12,13);4*1H. The Morgan fingerprint density at radius 1 is 0.347 bits per heavy atom. The highest BCUT2D eigenvalue weighted by Gasteiger charge is 2.29. The van der Waals surface area contributed by atoms with Crippen LogP contribution in [0.25, 0.3) is 75.4 Å². The maximum atomic E-state index is 13.3. The van der Waals surface area contributed by atoms with Gasteiger partial charge in [0, 0.05) is 99.9 Å². The number of anilines is 3. The van der Waals surface area contributed by atoms with Crippen molar-refractivity contribution in [1.29, 1.82) is 0 Å². The number of rotatable bonds is 10. The molecule has 630 valence electrons. The maximum absolute atomic E-state index is 13.3. The monoisotopic (exact) mass is 2120 g/mol. The topological polar surface area (TPSA) is 308 Å². The van der Waals surface area contributed by atoms with Crippen LogP contribution < -0.4 is 152 Å². The normalized spacial score (nSPS) is 12.1. The third-order valence-electron chi connectivity index (χ3n) is 19.2. The number of fused-ring (bicyclic) bond motifs is 7. The summed E-state index contributed by atoms with van der Waals surface area (Å²) in [6.45, 7) is 13.9. The minimum atomic E-state index is -0.428. The molecule has 7 aromatic carbocycles. The first-order chi connectivity index (χ1) is 53.5. The van der Waals surface area contributed by atoms with Crippen molar-refractivity contribution in [1.82, 2.24) is 34.9 Å². The van der Waals surface area contributed by atoms with E-state index in [1.807, 2.05) is 51.1 Å². The smallest absolute Gasteiger partial charge is 0.257 e. The molecule has 15 rings (SSSR count). The molecular formula is C87H100Cl3F3I4N14O7. The lowest BCUT2D eigenvalue weighted by molar-refractivity contribution is -0.910. The molecule has 0 atom stereocenters. The highest BCUT2D eigenvalue weighted by atomic mass is 127. The number of nitrogen functional groups attached to an aromatic ring is 3. The van der Waals surface area contributed by atoms with Gasteiger partial charge in [-0.1, -0.05) is 97.2 Å². The van der Waals surface area contributed by atoms with Crippen LogP contribution in [0.3, 0.4) is 0 Å². The van der Waals surface area contributed by atoms with Gasteiger partial charge in [0.1, 0.15) is 61.1 Å². The van der Waals surface area contributed by atoms with Crippen molar-refractivity contribution >= 4 is 128 Å². The molecule has 8 heterocycles. The van der Waals surface area contributed by atoms with Gasteiger partial charge in [-0.3, -0.25) is 33.6 Å². The fraction of sp³-hybridized carbons (Fsp3) is 0.276. The Balaban J connectivity index is 0.000000245. The van der Waals surface area contributed by atoms with Crippen LogP contribution in [-0.4, -0.2) is 136 Å². The van der Waals surface area contributed by atoms with Gasteiger partial charge >= 0.3 is 0 Å². The van der Waals surface area contributed by atoms with Crippen LogP contribution in [0.2, 0.25) is 15.1 Å². The highest BCUT2D eigenvalue weighted by molar-refractivity contribution is 6.32. The molecule has 0 saturated carbocycles. The zero-order valence-corrected chi connectivity index (χ0v) is 79.1. The van der Waals surface area contributed by atoms with Crippen LogP contribution >= 0.6 is 34.8 Å². The van der Waals surface area contributed by atoms with Crippen LogP contribution in [0.4, 0.5) is 30.6 Å².